The molecule has 0 saturated carbocycles. The van der Waals surface area contributed by atoms with Gasteiger partial charge in [0.25, 0.3) is 5.91 Å². The van der Waals surface area contributed by atoms with Crippen molar-refractivity contribution in [1.82, 2.24) is 5.32 Å². The van der Waals surface area contributed by atoms with Crippen molar-refractivity contribution in [2.45, 2.75) is 12.0 Å². The predicted octanol–water partition coefficient (Wildman–Crippen LogP) is -0.211. The monoisotopic (exact) mass is 278 g/mol. The molecule has 0 bridgehead atoms. The molecule has 20 heavy (non-hydrogen) atoms. The summed E-state index contributed by atoms with van der Waals surface area (Å²) in [6.07, 6.45) is 0.0588. The van der Waals surface area contributed by atoms with Gasteiger partial charge >= 0.3 is 0 Å². The van der Waals surface area contributed by atoms with Gasteiger partial charge in [-0.05, 0) is 18.2 Å². The van der Waals surface area contributed by atoms with E-state index in [-0.39, 0.29) is 32.3 Å². The Hall–Kier alpha value is -2.28. The fourth-order valence-corrected chi connectivity index (χ4v) is 2.25. The molecular weight excluding hydrogens is 264 g/mol. The maximum Gasteiger partial charge on any atom is 0.252 e. The summed E-state index contributed by atoms with van der Waals surface area (Å²) >= 11 is 0. The van der Waals surface area contributed by atoms with Crippen LogP contribution in [0, 0.1) is 0 Å². The van der Waals surface area contributed by atoms with Gasteiger partial charge in [-0.15, -0.1) is 0 Å². The van der Waals surface area contributed by atoms with E-state index in [1.165, 1.54) is 0 Å². The van der Waals surface area contributed by atoms with Crippen molar-refractivity contribution in [2.24, 2.45) is 5.73 Å². The van der Waals surface area contributed by atoms with E-state index in [0.717, 1.165) is 0 Å². The van der Waals surface area contributed by atoms with Gasteiger partial charge < -0.3 is 25.3 Å². The molecule has 2 amide bonds. The Kier molecular flexibility index (Phi) is 2.98. The van der Waals surface area contributed by atoms with E-state index in [4.69, 9.17) is 19.9 Å². The smallest absolute Gasteiger partial charge is 0.252 e. The third-order valence-electron chi connectivity index (χ3n) is 3.28. The molecule has 3 rings (SSSR count). The Balaban J connectivity index is 1.74. The lowest BCUT2D eigenvalue weighted by Gasteiger charge is -2.41. The van der Waals surface area contributed by atoms with Gasteiger partial charge in [0.2, 0.25) is 12.7 Å². The van der Waals surface area contributed by atoms with Crippen LogP contribution in [-0.4, -0.2) is 37.4 Å². The van der Waals surface area contributed by atoms with Crippen LogP contribution in [0.25, 0.3) is 0 Å². The van der Waals surface area contributed by atoms with Crippen molar-refractivity contribution in [3.63, 3.8) is 0 Å². The summed E-state index contributed by atoms with van der Waals surface area (Å²) in [7, 11) is 0. The van der Waals surface area contributed by atoms with Gasteiger partial charge in [0.1, 0.15) is 0 Å². The topological polar surface area (TPSA) is 99.9 Å². The molecule has 1 aromatic rings. The summed E-state index contributed by atoms with van der Waals surface area (Å²) in [4.78, 5) is 23.3. The summed E-state index contributed by atoms with van der Waals surface area (Å²) in [5, 5.41) is 2.81. The van der Waals surface area contributed by atoms with Crippen molar-refractivity contribution in [3.8, 4) is 11.5 Å². The molecule has 1 aromatic carbocycles. The van der Waals surface area contributed by atoms with Crippen LogP contribution in [0.5, 0.6) is 11.5 Å². The molecule has 0 aromatic heterocycles. The Labute approximate surface area is 115 Å². The first-order valence-corrected chi connectivity index (χ1v) is 6.16. The van der Waals surface area contributed by atoms with Crippen LogP contribution >= 0.6 is 0 Å². The highest BCUT2D eigenvalue weighted by Gasteiger charge is 2.41. The summed E-state index contributed by atoms with van der Waals surface area (Å²) in [5.41, 5.74) is 4.93. The zero-order valence-electron chi connectivity index (χ0n) is 10.7. The maximum atomic E-state index is 12.2. The third-order valence-corrected chi connectivity index (χ3v) is 3.28. The number of ether oxygens (including phenoxy) is 3. The molecule has 2 aliphatic heterocycles. The Morgan fingerprint density at radius 3 is 2.65 bits per heavy atom. The number of benzene rings is 1. The second kappa shape index (κ2) is 4.68. The molecule has 0 atom stereocenters. The van der Waals surface area contributed by atoms with Gasteiger partial charge in [-0.25, -0.2) is 0 Å². The van der Waals surface area contributed by atoms with E-state index in [0.29, 0.717) is 17.1 Å². The summed E-state index contributed by atoms with van der Waals surface area (Å²) < 4.78 is 15.5. The molecular formula is C13H14N2O5. The van der Waals surface area contributed by atoms with E-state index in [2.05, 4.69) is 5.32 Å². The first-order valence-electron chi connectivity index (χ1n) is 6.16. The molecule has 0 radical (unpaired) electrons. The number of fused-ring (bicyclic) bond motifs is 1. The van der Waals surface area contributed by atoms with Crippen molar-refractivity contribution < 1.29 is 23.8 Å². The average Bonchev–Trinajstić information content (AvgIpc) is 2.82. The van der Waals surface area contributed by atoms with Crippen molar-refractivity contribution in [3.05, 3.63) is 23.8 Å². The first-order chi connectivity index (χ1) is 9.58. The van der Waals surface area contributed by atoms with E-state index in [9.17, 15) is 9.59 Å². The fraction of sp³-hybridized carbons (Fsp3) is 0.385. The first kappa shape index (κ1) is 12.7. The minimum atomic E-state index is -0.695. The molecule has 1 fully saturated rings. The van der Waals surface area contributed by atoms with Gasteiger partial charge in [0.05, 0.1) is 25.2 Å². The minimum absolute atomic E-state index is 0.0588. The fourth-order valence-electron chi connectivity index (χ4n) is 2.25. The number of rotatable bonds is 4. The highest BCUT2D eigenvalue weighted by Crippen LogP contribution is 2.32. The summed E-state index contributed by atoms with van der Waals surface area (Å²) in [6.45, 7) is 0.721. The zero-order valence-corrected chi connectivity index (χ0v) is 10.7. The van der Waals surface area contributed by atoms with Crippen LogP contribution in [-0.2, 0) is 9.53 Å². The number of amides is 2. The lowest BCUT2D eigenvalue weighted by atomic mass is 9.92. The summed E-state index contributed by atoms with van der Waals surface area (Å²) in [5.74, 6) is 0.374. The average molecular weight is 278 g/mol. The summed E-state index contributed by atoms with van der Waals surface area (Å²) in [6, 6.07) is 4.92. The van der Waals surface area contributed by atoms with E-state index < -0.39 is 11.4 Å². The highest BCUT2D eigenvalue weighted by molar-refractivity contribution is 5.96. The molecule has 106 valence electrons. The molecule has 7 heteroatoms. The Morgan fingerprint density at radius 2 is 2.00 bits per heavy atom. The van der Waals surface area contributed by atoms with Crippen molar-refractivity contribution in [2.75, 3.05) is 20.0 Å². The number of carbonyl (C=O) groups is 2. The SMILES string of the molecule is NC(=O)CC1(NC(=O)c2ccc3c(c2)OCO3)COC1. The van der Waals surface area contributed by atoms with E-state index in [1.807, 2.05) is 0 Å². The van der Waals surface area contributed by atoms with Gasteiger partial charge in [-0.3, -0.25) is 9.59 Å². The molecule has 7 nitrogen and oxygen atoms in total. The molecule has 2 heterocycles. The number of hydrogen-bond acceptors (Lipinski definition) is 5. The molecule has 1 saturated heterocycles. The van der Waals surface area contributed by atoms with Crippen LogP contribution in [0.1, 0.15) is 16.8 Å². The van der Waals surface area contributed by atoms with Crippen LogP contribution < -0.4 is 20.5 Å². The van der Waals surface area contributed by atoms with Gasteiger partial charge in [0, 0.05) is 5.56 Å². The number of carbonyl (C=O) groups excluding carboxylic acids is 2. The van der Waals surface area contributed by atoms with E-state index in [1.54, 1.807) is 18.2 Å². The van der Waals surface area contributed by atoms with Crippen molar-refractivity contribution in [1.29, 1.82) is 0 Å². The second-order valence-electron chi connectivity index (χ2n) is 4.94. The molecule has 0 spiro atoms. The van der Waals surface area contributed by atoms with Crippen molar-refractivity contribution >= 4 is 11.8 Å². The van der Waals surface area contributed by atoms with Gasteiger partial charge in [-0.2, -0.15) is 0 Å². The third kappa shape index (κ3) is 2.27. The van der Waals surface area contributed by atoms with Gasteiger partial charge in [-0.1, -0.05) is 0 Å². The van der Waals surface area contributed by atoms with Crippen LogP contribution in [0.4, 0.5) is 0 Å². The number of hydrogen-bond donors (Lipinski definition) is 2. The number of nitrogens with two attached hydrogens (primary N) is 1. The maximum absolute atomic E-state index is 12.2. The highest BCUT2D eigenvalue weighted by atomic mass is 16.7. The quantitative estimate of drug-likeness (QED) is 0.793. The van der Waals surface area contributed by atoms with Gasteiger partial charge in [0.15, 0.2) is 11.5 Å². The van der Waals surface area contributed by atoms with Crippen LogP contribution in [0.3, 0.4) is 0 Å². The number of primary amides is 1. The van der Waals surface area contributed by atoms with E-state index >= 15 is 0 Å². The second-order valence-corrected chi connectivity index (χ2v) is 4.94. The minimum Gasteiger partial charge on any atom is -0.454 e. The Morgan fingerprint density at radius 1 is 1.25 bits per heavy atom. The molecule has 0 unspecified atom stereocenters. The zero-order chi connectivity index (χ0) is 14.2. The number of nitrogens with one attached hydrogen (secondary N) is 1. The molecule has 0 aliphatic carbocycles. The van der Waals surface area contributed by atoms with Crippen LogP contribution in [0.2, 0.25) is 0 Å². The molecule has 3 N–H and O–H groups in total. The normalized spacial score (nSPS) is 18.2. The standard InChI is InChI=1S/C13H14N2O5/c14-11(16)4-13(5-18-6-13)15-12(17)8-1-2-9-10(3-8)20-7-19-9/h1-3H,4-7H2,(H2,14,16)(H,15,17). The Bertz CT molecular complexity index is 568. The predicted molar refractivity (Wildman–Crippen MR) is 67.4 cm³/mol. The molecule has 2 aliphatic rings. The largest absolute Gasteiger partial charge is 0.454 e. The lowest BCUT2D eigenvalue weighted by molar-refractivity contribution is -0.127. The van der Waals surface area contributed by atoms with Crippen LogP contribution in [0.15, 0.2) is 18.2 Å². The lowest BCUT2D eigenvalue weighted by Crippen LogP contribution is -2.63.